The van der Waals surface area contributed by atoms with E-state index in [1.807, 2.05) is 0 Å². The third kappa shape index (κ3) is 5.07. The lowest BCUT2D eigenvalue weighted by atomic mass is 10.2. The van der Waals surface area contributed by atoms with Gasteiger partial charge in [0.25, 0.3) is 0 Å². The molecule has 28 heavy (non-hydrogen) atoms. The van der Waals surface area contributed by atoms with E-state index < -0.39 is 42.4 Å². The van der Waals surface area contributed by atoms with Crippen LogP contribution in [-0.4, -0.2) is 83.0 Å². The number of sulfone groups is 1. The molecule has 0 radical (unpaired) electrons. The number of nitrogens with zero attached hydrogens (tertiary/aromatic N) is 2. The van der Waals surface area contributed by atoms with Crippen molar-refractivity contribution in [1.29, 1.82) is 0 Å². The monoisotopic (exact) mass is 438 g/mol. The number of benzene rings is 1. The topological polar surface area (TPSA) is 84.0 Å². The SMILES string of the molecule is O=S1(=O)CCC(N(CCCN2CCOCC2)S(=O)(=O)c2ccc(F)cc2F)C1. The molecule has 7 nitrogen and oxygen atoms in total. The maximum Gasteiger partial charge on any atom is 0.246 e. The van der Waals surface area contributed by atoms with E-state index in [1.165, 1.54) is 0 Å². The third-order valence-corrected chi connectivity index (χ3v) is 8.79. The van der Waals surface area contributed by atoms with Gasteiger partial charge >= 0.3 is 0 Å². The van der Waals surface area contributed by atoms with Crippen LogP contribution < -0.4 is 0 Å². The zero-order chi connectivity index (χ0) is 20.4. The first-order chi connectivity index (χ1) is 13.2. The molecule has 1 unspecified atom stereocenters. The molecule has 0 N–H and O–H groups in total. The number of ether oxygens (including phenoxy) is 1. The Morgan fingerprint density at radius 1 is 1.21 bits per heavy atom. The van der Waals surface area contributed by atoms with Crippen LogP contribution in [0.4, 0.5) is 8.78 Å². The molecule has 0 spiro atoms. The van der Waals surface area contributed by atoms with E-state index >= 15 is 0 Å². The van der Waals surface area contributed by atoms with Crippen molar-refractivity contribution in [1.82, 2.24) is 9.21 Å². The van der Waals surface area contributed by atoms with Gasteiger partial charge in [-0.1, -0.05) is 0 Å². The molecule has 2 saturated heterocycles. The summed E-state index contributed by atoms with van der Waals surface area (Å²) in [6.45, 7) is 3.42. The van der Waals surface area contributed by atoms with Crippen LogP contribution in [-0.2, 0) is 24.6 Å². The van der Waals surface area contributed by atoms with E-state index in [0.29, 0.717) is 32.2 Å². The van der Waals surface area contributed by atoms with Crippen LogP contribution in [0.25, 0.3) is 0 Å². The normalized spacial score (nSPS) is 23.3. The molecular formula is C17H24F2N2O5S2. The smallest absolute Gasteiger partial charge is 0.246 e. The lowest BCUT2D eigenvalue weighted by Crippen LogP contribution is -2.43. The predicted molar refractivity (Wildman–Crippen MR) is 99.2 cm³/mol. The Morgan fingerprint density at radius 3 is 2.54 bits per heavy atom. The van der Waals surface area contributed by atoms with Gasteiger partial charge in [0.2, 0.25) is 10.0 Å². The fraction of sp³-hybridized carbons (Fsp3) is 0.647. The van der Waals surface area contributed by atoms with E-state index in [-0.39, 0.29) is 24.5 Å². The van der Waals surface area contributed by atoms with E-state index in [9.17, 15) is 25.6 Å². The highest BCUT2D eigenvalue weighted by molar-refractivity contribution is 7.92. The van der Waals surface area contributed by atoms with Crippen molar-refractivity contribution >= 4 is 19.9 Å². The Kier molecular flexibility index (Phi) is 6.70. The Labute approximate surface area is 164 Å². The van der Waals surface area contributed by atoms with Crippen LogP contribution in [0.1, 0.15) is 12.8 Å². The minimum absolute atomic E-state index is 0.0662. The number of hydrogen-bond donors (Lipinski definition) is 0. The second-order valence-corrected chi connectivity index (χ2v) is 11.1. The fourth-order valence-corrected chi connectivity index (χ4v) is 7.15. The van der Waals surface area contributed by atoms with Crippen LogP contribution in [0.3, 0.4) is 0 Å². The first-order valence-electron chi connectivity index (χ1n) is 9.16. The predicted octanol–water partition coefficient (Wildman–Crippen LogP) is 0.865. The van der Waals surface area contributed by atoms with Crippen molar-refractivity contribution in [2.45, 2.75) is 23.8 Å². The highest BCUT2D eigenvalue weighted by Crippen LogP contribution is 2.27. The number of hydrogen-bond acceptors (Lipinski definition) is 6. The van der Waals surface area contributed by atoms with Gasteiger partial charge in [-0.05, 0) is 31.5 Å². The molecule has 1 aromatic rings. The number of morpholine rings is 1. The lowest BCUT2D eigenvalue weighted by Gasteiger charge is -2.30. The summed E-state index contributed by atoms with van der Waals surface area (Å²) in [6, 6.07) is 1.54. The van der Waals surface area contributed by atoms with Crippen molar-refractivity contribution < 1.29 is 30.4 Å². The Morgan fingerprint density at radius 2 is 1.93 bits per heavy atom. The van der Waals surface area contributed by atoms with Gasteiger partial charge in [0.15, 0.2) is 9.84 Å². The van der Waals surface area contributed by atoms with Gasteiger partial charge in [-0.15, -0.1) is 0 Å². The molecule has 158 valence electrons. The fourth-order valence-electron chi connectivity index (χ4n) is 3.59. The molecule has 1 aromatic carbocycles. The highest BCUT2D eigenvalue weighted by Gasteiger charge is 2.39. The molecule has 11 heteroatoms. The quantitative estimate of drug-likeness (QED) is 0.628. The first kappa shape index (κ1) is 21.6. The van der Waals surface area contributed by atoms with Crippen molar-refractivity contribution in [2.75, 3.05) is 50.9 Å². The molecule has 0 aliphatic carbocycles. The maximum absolute atomic E-state index is 14.2. The Hall–Kier alpha value is -1.14. The molecule has 0 saturated carbocycles. The molecule has 2 fully saturated rings. The number of halogens is 2. The van der Waals surface area contributed by atoms with Crippen LogP contribution in [0.15, 0.2) is 23.1 Å². The van der Waals surface area contributed by atoms with Crippen molar-refractivity contribution in [3.8, 4) is 0 Å². The molecular weight excluding hydrogens is 414 g/mol. The molecule has 2 aliphatic heterocycles. The zero-order valence-corrected chi connectivity index (χ0v) is 17.0. The molecule has 2 heterocycles. The number of rotatable bonds is 7. The van der Waals surface area contributed by atoms with Gasteiger partial charge in [-0.2, -0.15) is 4.31 Å². The highest BCUT2D eigenvalue weighted by atomic mass is 32.2. The summed E-state index contributed by atoms with van der Waals surface area (Å²) in [4.78, 5) is 1.50. The first-order valence-corrected chi connectivity index (χ1v) is 12.4. The molecule has 1 atom stereocenters. The molecule has 0 bridgehead atoms. The lowest BCUT2D eigenvalue weighted by molar-refractivity contribution is 0.0367. The summed E-state index contributed by atoms with van der Waals surface area (Å²) in [5.41, 5.74) is 0. The van der Waals surface area contributed by atoms with Gasteiger partial charge in [0, 0.05) is 31.7 Å². The van der Waals surface area contributed by atoms with Crippen molar-refractivity contribution in [3.05, 3.63) is 29.8 Å². The van der Waals surface area contributed by atoms with E-state index in [4.69, 9.17) is 4.74 Å². The third-order valence-electron chi connectivity index (χ3n) is 5.05. The van der Waals surface area contributed by atoms with Gasteiger partial charge in [0.1, 0.15) is 16.5 Å². The second-order valence-electron chi connectivity index (χ2n) is 7.05. The van der Waals surface area contributed by atoms with Crippen molar-refractivity contribution in [2.24, 2.45) is 0 Å². The van der Waals surface area contributed by atoms with Crippen molar-refractivity contribution in [3.63, 3.8) is 0 Å². The molecule has 3 rings (SSSR count). The summed E-state index contributed by atoms with van der Waals surface area (Å²) in [7, 11) is -7.63. The zero-order valence-electron chi connectivity index (χ0n) is 15.4. The summed E-state index contributed by atoms with van der Waals surface area (Å²) in [6.07, 6.45) is 0.639. The second kappa shape index (κ2) is 8.70. The summed E-state index contributed by atoms with van der Waals surface area (Å²) in [5, 5.41) is 0. The molecule has 0 amide bonds. The number of sulfonamides is 1. The molecule has 2 aliphatic rings. The van der Waals surface area contributed by atoms with Gasteiger partial charge in [-0.3, -0.25) is 4.90 Å². The van der Waals surface area contributed by atoms with Gasteiger partial charge < -0.3 is 4.74 Å². The Balaban J connectivity index is 1.80. The van der Waals surface area contributed by atoms with Crippen LogP contribution in [0.2, 0.25) is 0 Å². The van der Waals surface area contributed by atoms with E-state index in [1.54, 1.807) is 0 Å². The van der Waals surface area contributed by atoms with Crippen LogP contribution in [0.5, 0.6) is 0 Å². The van der Waals surface area contributed by atoms with Crippen LogP contribution >= 0.6 is 0 Å². The molecule has 0 aromatic heterocycles. The summed E-state index contributed by atoms with van der Waals surface area (Å²) < 4.78 is 83.6. The largest absolute Gasteiger partial charge is 0.379 e. The Bertz CT molecular complexity index is 902. The standard InChI is InChI=1S/C17H24F2N2O5S2/c18-14-2-3-17(16(19)12-14)28(24,25)21(15-4-11-27(22,23)13-15)6-1-5-20-7-9-26-10-8-20/h2-3,12,15H,1,4-11,13H2. The van der Waals surface area contributed by atoms with Gasteiger partial charge in [0.05, 0.1) is 24.7 Å². The van der Waals surface area contributed by atoms with E-state index in [2.05, 4.69) is 4.90 Å². The summed E-state index contributed by atoms with van der Waals surface area (Å²) in [5.74, 6) is -2.44. The average Bonchev–Trinajstić information content (AvgIpc) is 2.98. The minimum atomic E-state index is -4.30. The summed E-state index contributed by atoms with van der Waals surface area (Å²) >= 11 is 0. The maximum atomic E-state index is 14.2. The van der Waals surface area contributed by atoms with Gasteiger partial charge in [-0.25, -0.2) is 25.6 Å². The van der Waals surface area contributed by atoms with Crippen LogP contribution in [0, 0.1) is 11.6 Å². The average molecular weight is 439 g/mol. The minimum Gasteiger partial charge on any atom is -0.379 e. The van der Waals surface area contributed by atoms with E-state index in [0.717, 1.165) is 29.5 Å².